The van der Waals surface area contributed by atoms with E-state index in [0.717, 1.165) is 55.6 Å². The number of thiazole rings is 1. The molecule has 2 aromatic rings. The van der Waals surface area contributed by atoms with Gasteiger partial charge in [-0.15, -0.1) is 11.3 Å². The van der Waals surface area contributed by atoms with E-state index in [9.17, 15) is 19.2 Å². The van der Waals surface area contributed by atoms with Crippen LogP contribution in [-0.2, 0) is 39.9 Å². The zero-order valence-corrected chi connectivity index (χ0v) is 40.3. The fraction of sp³-hybridized carbons (Fsp3) is 0.723. The number of likely N-dealkylation sites (tertiary alicyclic amines) is 1. The number of rotatable bonds is 28. The summed E-state index contributed by atoms with van der Waals surface area (Å²) in [5.74, 6) is 3.72. The van der Waals surface area contributed by atoms with E-state index in [-0.39, 0.29) is 59.9 Å². The summed E-state index contributed by atoms with van der Waals surface area (Å²) in [5, 5.41) is 9.12. The summed E-state index contributed by atoms with van der Waals surface area (Å²) in [6.07, 6.45) is 7.25. The third-order valence-corrected chi connectivity index (χ3v) is 13.6. The Labute approximate surface area is 376 Å². The zero-order valence-electron chi connectivity index (χ0n) is 39.5. The normalized spacial score (nSPS) is 18.2. The smallest absolute Gasteiger partial charge is 0.245 e. The molecule has 9 atom stereocenters. The molecule has 1 fully saturated rings. The summed E-state index contributed by atoms with van der Waals surface area (Å²) in [6.45, 7) is 15.7. The van der Waals surface area contributed by atoms with Crippen LogP contribution >= 0.6 is 11.3 Å². The number of nitrogens with two attached hydrogens (primary N) is 1. The lowest BCUT2D eigenvalue weighted by Crippen LogP contribution is -2.60. The Bertz CT molecular complexity index is 1620. The molecule has 9 unspecified atom stereocenters. The second kappa shape index (κ2) is 27.0. The van der Waals surface area contributed by atoms with Gasteiger partial charge in [-0.1, -0.05) is 98.1 Å². The van der Waals surface area contributed by atoms with E-state index in [2.05, 4.69) is 39.2 Å². The highest BCUT2D eigenvalue weighted by Gasteiger charge is 2.43. The van der Waals surface area contributed by atoms with Crippen molar-refractivity contribution in [2.75, 3.05) is 48.0 Å². The Kier molecular flexibility index (Phi) is 23.0. The number of hydrogen-bond donors (Lipinski definition) is 3. The van der Waals surface area contributed by atoms with Gasteiger partial charge in [0.25, 0.3) is 0 Å². The van der Waals surface area contributed by atoms with Crippen LogP contribution in [0.4, 0.5) is 0 Å². The van der Waals surface area contributed by atoms with Gasteiger partial charge in [0.1, 0.15) is 11.0 Å². The van der Waals surface area contributed by atoms with E-state index < -0.39 is 36.3 Å². The number of likely N-dealkylation sites (N-methyl/N-ethyl adjacent to an activating group) is 2. The molecule has 1 saturated heterocycles. The van der Waals surface area contributed by atoms with E-state index in [1.165, 1.54) is 11.3 Å². The van der Waals surface area contributed by atoms with Crippen LogP contribution in [-0.4, -0.2) is 128 Å². The summed E-state index contributed by atoms with van der Waals surface area (Å²) in [7, 11) is 6.91. The molecule has 1 aromatic heterocycles. The number of carbonyl (C=O) groups excluding carboxylic acids is 4. The molecule has 4 amide bonds. The van der Waals surface area contributed by atoms with Crippen LogP contribution in [0.15, 0.2) is 41.9 Å². The lowest BCUT2D eigenvalue weighted by atomic mass is 9.89. The van der Waals surface area contributed by atoms with Crippen molar-refractivity contribution in [1.82, 2.24) is 30.3 Å². The maximum absolute atomic E-state index is 14.5. The summed E-state index contributed by atoms with van der Waals surface area (Å²) in [4.78, 5) is 71.8. The Morgan fingerprint density at radius 3 is 2.21 bits per heavy atom. The average Bonchev–Trinajstić information content (AvgIpc) is 3.97. The molecule has 0 spiro atoms. The van der Waals surface area contributed by atoms with E-state index in [0.29, 0.717) is 26.0 Å². The molecular weight excluding hydrogens is 807 g/mol. The zero-order chi connectivity index (χ0) is 45.9. The standard InChI is InChI=1S/C47H79N7O7S/c1-12-33(6)42(53(9)47(58)40(31(2)3)51-45(57)41(32(4)5)52(8)25-18-13-14-19-27-61-48)38(59-10)30-39(55)54-26-20-23-37(54)43(60-11)34(7)44(56)50-36(46-49-24-28-62-46)29-35-21-16-15-17-22-35/h15-17,21-22,24,28,31-34,36-38,40-43H,12-14,18-20,23,25-27,29-30,48H2,1-11H3,(H,50,56)(H,51,57). The van der Waals surface area contributed by atoms with Crippen molar-refractivity contribution in [3.63, 3.8) is 0 Å². The van der Waals surface area contributed by atoms with Crippen LogP contribution in [0.25, 0.3) is 0 Å². The molecule has 3 rings (SSSR count). The van der Waals surface area contributed by atoms with Crippen molar-refractivity contribution in [2.45, 2.75) is 149 Å². The molecule has 14 nitrogen and oxygen atoms in total. The van der Waals surface area contributed by atoms with Gasteiger partial charge < -0.3 is 34.7 Å². The van der Waals surface area contributed by atoms with Crippen molar-refractivity contribution < 1.29 is 33.5 Å². The Hall–Kier alpha value is -3.47. The van der Waals surface area contributed by atoms with Crippen molar-refractivity contribution >= 4 is 35.0 Å². The van der Waals surface area contributed by atoms with Gasteiger partial charge in [0, 0.05) is 39.4 Å². The summed E-state index contributed by atoms with van der Waals surface area (Å²) in [6, 6.07) is 7.74. The highest BCUT2D eigenvalue weighted by atomic mass is 32.1. The van der Waals surface area contributed by atoms with Gasteiger partial charge in [-0.3, -0.25) is 24.1 Å². The predicted octanol–water partition coefficient (Wildman–Crippen LogP) is 6.01. The minimum absolute atomic E-state index is 0.0209. The monoisotopic (exact) mass is 886 g/mol. The summed E-state index contributed by atoms with van der Waals surface area (Å²) < 4.78 is 12.2. The number of amides is 4. The van der Waals surface area contributed by atoms with Crippen LogP contribution in [0.1, 0.15) is 116 Å². The number of nitrogens with zero attached hydrogens (tertiary/aromatic N) is 4. The highest BCUT2D eigenvalue weighted by Crippen LogP contribution is 2.31. The van der Waals surface area contributed by atoms with E-state index in [1.54, 1.807) is 32.4 Å². The van der Waals surface area contributed by atoms with E-state index in [4.69, 9.17) is 15.4 Å². The van der Waals surface area contributed by atoms with Gasteiger partial charge >= 0.3 is 0 Å². The lowest BCUT2D eigenvalue weighted by molar-refractivity contribution is -0.148. The molecule has 1 aliphatic rings. The second-order valence-electron chi connectivity index (χ2n) is 17.9. The quantitative estimate of drug-likeness (QED) is 0.0680. The van der Waals surface area contributed by atoms with Crippen LogP contribution in [0.3, 0.4) is 0 Å². The second-order valence-corrected chi connectivity index (χ2v) is 18.8. The molecule has 0 saturated carbocycles. The van der Waals surface area contributed by atoms with Crippen molar-refractivity contribution in [2.24, 2.45) is 29.6 Å². The number of benzene rings is 1. The average molecular weight is 886 g/mol. The minimum atomic E-state index is -0.779. The molecular formula is C47H79N7O7S. The Morgan fingerprint density at radius 2 is 1.63 bits per heavy atom. The number of methoxy groups -OCH3 is 2. The van der Waals surface area contributed by atoms with Crippen LogP contribution < -0.4 is 16.5 Å². The molecule has 0 bridgehead atoms. The van der Waals surface area contributed by atoms with Gasteiger partial charge in [-0.05, 0) is 69.0 Å². The van der Waals surface area contributed by atoms with Crippen molar-refractivity contribution in [3.8, 4) is 0 Å². The Balaban J connectivity index is 1.75. The van der Waals surface area contributed by atoms with Gasteiger partial charge in [0.05, 0.1) is 55.3 Å². The molecule has 62 heavy (non-hydrogen) atoms. The lowest BCUT2D eigenvalue weighted by Gasteiger charge is -2.41. The molecule has 4 N–H and O–H groups in total. The number of hydrogen-bond acceptors (Lipinski definition) is 11. The van der Waals surface area contributed by atoms with Gasteiger partial charge in [0.2, 0.25) is 23.6 Å². The largest absolute Gasteiger partial charge is 0.379 e. The molecule has 350 valence electrons. The minimum Gasteiger partial charge on any atom is -0.379 e. The molecule has 15 heteroatoms. The van der Waals surface area contributed by atoms with Gasteiger partial charge in [-0.25, -0.2) is 10.9 Å². The fourth-order valence-corrected chi connectivity index (χ4v) is 9.78. The Morgan fingerprint density at radius 1 is 0.935 bits per heavy atom. The van der Waals surface area contributed by atoms with Crippen molar-refractivity contribution in [1.29, 1.82) is 0 Å². The first-order valence-corrected chi connectivity index (χ1v) is 23.7. The third-order valence-electron chi connectivity index (χ3n) is 12.7. The molecule has 0 radical (unpaired) electrons. The number of carbonyl (C=O) groups is 4. The van der Waals surface area contributed by atoms with E-state index in [1.807, 2.05) is 82.3 Å². The van der Waals surface area contributed by atoms with E-state index >= 15 is 0 Å². The first-order valence-electron chi connectivity index (χ1n) is 22.8. The molecule has 2 heterocycles. The molecule has 1 aromatic carbocycles. The maximum atomic E-state index is 14.5. The van der Waals surface area contributed by atoms with Crippen LogP contribution in [0.5, 0.6) is 0 Å². The third kappa shape index (κ3) is 15.1. The number of aromatic nitrogens is 1. The molecule has 0 aliphatic carbocycles. The summed E-state index contributed by atoms with van der Waals surface area (Å²) >= 11 is 1.51. The number of nitrogens with one attached hydrogen (secondary N) is 2. The highest BCUT2D eigenvalue weighted by molar-refractivity contribution is 7.09. The molecule has 1 aliphatic heterocycles. The van der Waals surface area contributed by atoms with Crippen LogP contribution in [0.2, 0.25) is 0 Å². The fourth-order valence-electron chi connectivity index (χ4n) is 9.09. The summed E-state index contributed by atoms with van der Waals surface area (Å²) in [5.41, 5.74) is 1.09. The first-order chi connectivity index (χ1) is 29.6. The van der Waals surface area contributed by atoms with Crippen LogP contribution in [0, 0.1) is 23.7 Å². The maximum Gasteiger partial charge on any atom is 0.245 e. The SMILES string of the molecule is CCC(C)C(C(CC(=O)N1CCCC1C(OC)C(C)C(=O)NC(Cc1ccccc1)c1nccs1)OC)N(C)C(=O)C(NC(=O)C(C(C)C)N(C)CCCCCCON)C(C)C. The number of unbranched alkanes of at least 4 members (excludes halogenated alkanes) is 3. The first kappa shape index (κ1) is 52.9. The predicted molar refractivity (Wildman–Crippen MR) is 246 cm³/mol. The van der Waals surface area contributed by atoms with Gasteiger partial charge in [-0.2, -0.15) is 0 Å². The van der Waals surface area contributed by atoms with Gasteiger partial charge in [0.15, 0.2) is 0 Å². The topological polar surface area (TPSA) is 169 Å². The number of ether oxygens (including phenoxy) is 2. The van der Waals surface area contributed by atoms with Crippen molar-refractivity contribution in [3.05, 3.63) is 52.5 Å².